The van der Waals surface area contributed by atoms with Crippen molar-refractivity contribution in [3.05, 3.63) is 42.1 Å². The lowest BCUT2D eigenvalue weighted by atomic mass is 10.1. The number of nitrogen functional groups attached to an aromatic ring is 1. The van der Waals surface area contributed by atoms with Gasteiger partial charge in [0.2, 0.25) is 0 Å². The number of hydrazine groups is 1. The van der Waals surface area contributed by atoms with Crippen LogP contribution in [0.15, 0.2) is 36.5 Å². The number of rotatable bonds is 2. The van der Waals surface area contributed by atoms with Gasteiger partial charge in [-0.15, -0.1) is 0 Å². The van der Waals surface area contributed by atoms with Crippen LogP contribution >= 0.6 is 0 Å². The van der Waals surface area contributed by atoms with Crippen LogP contribution in [0.4, 0.5) is 5.82 Å². The first-order valence-corrected chi connectivity index (χ1v) is 4.66. The Hall–Kier alpha value is -1.94. The number of aromatic nitrogens is 2. The van der Waals surface area contributed by atoms with Gasteiger partial charge in [-0.3, -0.25) is 0 Å². The van der Waals surface area contributed by atoms with Gasteiger partial charge in [0, 0.05) is 17.8 Å². The van der Waals surface area contributed by atoms with E-state index in [1.54, 1.807) is 12.3 Å². The minimum absolute atomic E-state index is 0.612. The highest BCUT2D eigenvalue weighted by Crippen LogP contribution is 2.16. The van der Waals surface area contributed by atoms with Crippen LogP contribution < -0.4 is 11.3 Å². The Balaban J connectivity index is 2.40. The molecule has 0 radical (unpaired) electrons. The van der Waals surface area contributed by atoms with Gasteiger partial charge in [-0.1, -0.05) is 29.8 Å². The average molecular weight is 200 g/mol. The van der Waals surface area contributed by atoms with Gasteiger partial charge in [0.15, 0.2) is 5.82 Å². The molecule has 0 saturated carbocycles. The molecule has 2 aromatic rings. The van der Waals surface area contributed by atoms with E-state index < -0.39 is 0 Å². The fraction of sp³-hybridized carbons (Fsp3) is 0.0909. The van der Waals surface area contributed by atoms with E-state index in [-0.39, 0.29) is 0 Å². The summed E-state index contributed by atoms with van der Waals surface area (Å²) in [7, 11) is 0. The van der Waals surface area contributed by atoms with Crippen LogP contribution in [-0.4, -0.2) is 9.97 Å². The quantitative estimate of drug-likeness (QED) is 0.572. The Bertz CT molecular complexity index is 450. The maximum atomic E-state index is 5.28. The lowest BCUT2D eigenvalue weighted by Gasteiger charge is -2.02. The third kappa shape index (κ3) is 2.11. The molecule has 0 aliphatic heterocycles. The van der Waals surface area contributed by atoms with Gasteiger partial charge in [-0.05, 0) is 6.92 Å². The van der Waals surface area contributed by atoms with Crippen molar-refractivity contribution in [3.63, 3.8) is 0 Å². The lowest BCUT2D eigenvalue weighted by Crippen LogP contribution is -2.09. The fourth-order valence-corrected chi connectivity index (χ4v) is 1.28. The fourth-order valence-electron chi connectivity index (χ4n) is 1.28. The maximum Gasteiger partial charge on any atom is 0.161 e. The van der Waals surface area contributed by atoms with Crippen molar-refractivity contribution in [2.75, 3.05) is 5.43 Å². The molecule has 1 heterocycles. The van der Waals surface area contributed by atoms with Crippen LogP contribution in [0.25, 0.3) is 11.4 Å². The Labute approximate surface area is 88.2 Å². The van der Waals surface area contributed by atoms with Crippen molar-refractivity contribution in [2.45, 2.75) is 6.92 Å². The molecule has 1 aromatic heterocycles. The molecule has 3 N–H and O–H groups in total. The van der Waals surface area contributed by atoms with Gasteiger partial charge < -0.3 is 5.43 Å². The summed E-state index contributed by atoms with van der Waals surface area (Å²) in [6.45, 7) is 2.04. The number of nitrogens with two attached hydrogens (primary N) is 1. The van der Waals surface area contributed by atoms with E-state index in [4.69, 9.17) is 5.84 Å². The summed E-state index contributed by atoms with van der Waals surface area (Å²) in [4.78, 5) is 8.42. The van der Waals surface area contributed by atoms with E-state index >= 15 is 0 Å². The first kappa shape index (κ1) is 9.61. The van der Waals surface area contributed by atoms with E-state index in [2.05, 4.69) is 15.4 Å². The monoisotopic (exact) mass is 200 g/mol. The summed E-state index contributed by atoms with van der Waals surface area (Å²) >= 11 is 0. The summed E-state index contributed by atoms with van der Waals surface area (Å²) in [6.07, 6.45) is 1.68. The van der Waals surface area contributed by atoms with Crippen LogP contribution in [0, 0.1) is 6.92 Å². The third-order valence-electron chi connectivity index (χ3n) is 2.11. The topological polar surface area (TPSA) is 63.8 Å². The highest BCUT2D eigenvalue weighted by molar-refractivity contribution is 5.57. The smallest absolute Gasteiger partial charge is 0.161 e. The molecule has 0 spiro atoms. The second kappa shape index (κ2) is 4.06. The molecule has 0 aliphatic carbocycles. The molecule has 1 aromatic carbocycles. The molecular formula is C11H12N4. The zero-order valence-electron chi connectivity index (χ0n) is 8.44. The van der Waals surface area contributed by atoms with Crippen LogP contribution in [0.1, 0.15) is 5.56 Å². The summed E-state index contributed by atoms with van der Waals surface area (Å²) in [5.74, 6) is 6.56. The van der Waals surface area contributed by atoms with Gasteiger partial charge in [-0.25, -0.2) is 15.8 Å². The molecule has 0 bridgehead atoms. The minimum Gasteiger partial charge on any atom is -0.308 e. The Morgan fingerprint density at radius 3 is 2.53 bits per heavy atom. The number of nitrogens with one attached hydrogen (secondary N) is 1. The molecule has 0 amide bonds. The second-order valence-corrected chi connectivity index (χ2v) is 3.28. The molecule has 4 nitrogen and oxygen atoms in total. The maximum absolute atomic E-state index is 5.28. The van der Waals surface area contributed by atoms with Crippen molar-refractivity contribution < 1.29 is 0 Å². The number of hydrogen-bond donors (Lipinski definition) is 2. The highest BCUT2D eigenvalue weighted by atomic mass is 15.3. The van der Waals surface area contributed by atoms with Gasteiger partial charge >= 0.3 is 0 Å². The molecule has 0 fully saturated rings. The molecular weight excluding hydrogens is 188 g/mol. The standard InChI is InChI=1S/C11H12N4/c1-8-2-4-9(5-3-8)11-13-7-6-10(14-11)15-12/h2-7H,12H2,1H3,(H,13,14,15). The Morgan fingerprint density at radius 2 is 1.87 bits per heavy atom. The number of aryl methyl sites for hydroxylation is 1. The molecule has 0 aliphatic rings. The molecule has 15 heavy (non-hydrogen) atoms. The number of hydrogen-bond acceptors (Lipinski definition) is 4. The SMILES string of the molecule is Cc1ccc(-c2nccc(NN)n2)cc1. The van der Waals surface area contributed by atoms with E-state index in [0.29, 0.717) is 11.6 Å². The van der Waals surface area contributed by atoms with Crippen LogP contribution in [0.2, 0.25) is 0 Å². The number of nitrogens with zero attached hydrogens (tertiary/aromatic N) is 2. The molecule has 76 valence electrons. The number of benzene rings is 1. The zero-order valence-corrected chi connectivity index (χ0v) is 8.44. The minimum atomic E-state index is 0.612. The van der Waals surface area contributed by atoms with Crippen molar-refractivity contribution >= 4 is 5.82 Å². The largest absolute Gasteiger partial charge is 0.308 e. The van der Waals surface area contributed by atoms with Crippen molar-refractivity contribution in [2.24, 2.45) is 5.84 Å². The number of anilines is 1. The van der Waals surface area contributed by atoms with Crippen molar-refractivity contribution in [3.8, 4) is 11.4 Å². The van der Waals surface area contributed by atoms with E-state index in [0.717, 1.165) is 5.56 Å². The van der Waals surface area contributed by atoms with E-state index in [1.807, 2.05) is 31.2 Å². The summed E-state index contributed by atoms with van der Waals surface area (Å²) in [5, 5.41) is 0. The predicted molar refractivity (Wildman–Crippen MR) is 60.0 cm³/mol. The van der Waals surface area contributed by atoms with Crippen LogP contribution in [0.5, 0.6) is 0 Å². The third-order valence-corrected chi connectivity index (χ3v) is 2.11. The molecule has 0 unspecified atom stereocenters. The van der Waals surface area contributed by atoms with Gasteiger partial charge in [0.1, 0.15) is 5.82 Å². The normalized spacial score (nSPS) is 10.0. The summed E-state index contributed by atoms with van der Waals surface area (Å²) in [5.41, 5.74) is 4.70. The molecule has 4 heteroatoms. The van der Waals surface area contributed by atoms with Crippen molar-refractivity contribution in [1.82, 2.24) is 9.97 Å². The summed E-state index contributed by atoms with van der Waals surface area (Å²) in [6, 6.07) is 9.76. The first-order chi connectivity index (χ1) is 7.29. The van der Waals surface area contributed by atoms with Crippen LogP contribution in [-0.2, 0) is 0 Å². The molecule has 2 rings (SSSR count). The average Bonchev–Trinajstić information content (AvgIpc) is 2.30. The second-order valence-electron chi connectivity index (χ2n) is 3.28. The lowest BCUT2D eigenvalue weighted by molar-refractivity contribution is 1.14. The predicted octanol–water partition coefficient (Wildman–Crippen LogP) is 1.74. The highest BCUT2D eigenvalue weighted by Gasteiger charge is 2.00. The first-order valence-electron chi connectivity index (χ1n) is 4.66. The van der Waals surface area contributed by atoms with Crippen molar-refractivity contribution in [1.29, 1.82) is 0 Å². The summed E-state index contributed by atoms with van der Waals surface area (Å²) < 4.78 is 0. The zero-order chi connectivity index (χ0) is 10.7. The van der Waals surface area contributed by atoms with E-state index in [1.165, 1.54) is 5.56 Å². The van der Waals surface area contributed by atoms with Gasteiger partial charge in [0.05, 0.1) is 0 Å². The van der Waals surface area contributed by atoms with Gasteiger partial charge in [0.25, 0.3) is 0 Å². The molecule has 0 saturated heterocycles. The van der Waals surface area contributed by atoms with Crippen LogP contribution in [0.3, 0.4) is 0 Å². The Morgan fingerprint density at radius 1 is 1.13 bits per heavy atom. The van der Waals surface area contributed by atoms with E-state index in [9.17, 15) is 0 Å². The Kier molecular flexibility index (Phi) is 2.60. The van der Waals surface area contributed by atoms with Gasteiger partial charge in [-0.2, -0.15) is 0 Å². The molecule has 0 atom stereocenters.